The SMILES string of the molecule is Cc1cn(CC(=O)Nc2ccc(Cl)c(N)c2)c(=O)[nH]c1=O. The summed E-state index contributed by atoms with van der Waals surface area (Å²) < 4.78 is 1.12. The molecular formula is C13H13ClN4O3. The summed E-state index contributed by atoms with van der Waals surface area (Å²) in [4.78, 5) is 36.8. The normalized spacial score (nSPS) is 10.4. The first-order valence-electron chi connectivity index (χ1n) is 6.02. The minimum Gasteiger partial charge on any atom is -0.397 e. The number of anilines is 2. The van der Waals surface area contributed by atoms with Crippen LogP contribution in [-0.4, -0.2) is 15.5 Å². The number of nitrogen functional groups attached to an aromatic ring is 1. The number of amides is 1. The first-order valence-corrected chi connectivity index (χ1v) is 6.40. The van der Waals surface area contributed by atoms with Crippen LogP contribution in [0.1, 0.15) is 5.56 Å². The topological polar surface area (TPSA) is 110 Å². The lowest BCUT2D eigenvalue weighted by molar-refractivity contribution is -0.116. The van der Waals surface area contributed by atoms with Gasteiger partial charge < -0.3 is 11.1 Å². The lowest BCUT2D eigenvalue weighted by atomic mass is 10.3. The second kappa shape index (κ2) is 5.84. The molecule has 0 spiro atoms. The molecule has 1 heterocycles. The lowest BCUT2D eigenvalue weighted by Crippen LogP contribution is -2.34. The van der Waals surface area contributed by atoms with Crippen LogP contribution < -0.4 is 22.3 Å². The van der Waals surface area contributed by atoms with E-state index in [9.17, 15) is 14.4 Å². The van der Waals surface area contributed by atoms with E-state index in [1.807, 2.05) is 0 Å². The molecular weight excluding hydrogens is 296 g/mol. The summed E-state index contributed by atoms with van der Waals surface area (Å²) in [6, 6.07) is 4.67. The number of carbonyl (C=O) groups excluding carboxylic acids is 1. The molecule has 0 atom stereocenters. The molecule has 0 aliphatic heterocycles. The summed E-state index contributed by atoms with van der Waals surface area (Å²) in [5.41, 5.74) is 5.67. The van der Waals surface area contributed by atoms with Gasteiger partial charge in [0.15, 0.2) is 0 Å². The van der Waals surface area contributed by atoms with Crippen molar-refractivity contribution in [2.24, 2.45) is 0 Å². The van der Waals surface area contributed by atoms with Gasteiger partial charge >= 0.3 is 5.69 Å². The first-order chi connectivity index (χ1) is 9.86. The molecule has 1 aromatic carbocycles. The van der Waals surface area contributed by atoms with Crippen molar-refractivity contribution in [1.29, 1.82) is 0 Å². The van der Waals surface area contributed by atoms with E-state index in [0.717, 1.165) is 4.57 Å². The molecule has 8 heteroatoms. The fourth-order valence-electron chi connectivity index (χ4n) is 1.71. The molecule has 0 unspecified atom stereocenters. The molecule has 2 rings (SSSR count). The molecule has 1 amide bonds. The average molecular weight is 309 g/mol. The van der Waals surface area contributed by atoms with Crippen molar-refractivity contribution in [1.82, 2.24) is 9.55 Å². The maximum atomic E-state index is 11.9. The number of hydrogen-bond donors (Lipinski definition) is 3. The smallest absolute Gasteiger partial charge is 0.328 e. The summed E-state index contributed by atoms with van der Waals surface area (Å²) >= 11 is 5.78. The molecule has 0 saturated carbocycles. The van der Waals surface area contributed by atoms with Crippen LogP contribution in [0.3, 0.4) is 0 Å². The highest BCUT2D eigenvalue weighted by atomic mass is 35.5. The Labute approximate surface area is 124 Å². The van der Waals surface area contributed by atoms with Gasteiger partial charge in [0.05, 0.1) is 10.7 Å². The molecule has 0 fully saturated rings. The monoisotopic (exact) mass is 308 g/mol. The van der Waals surface area contributed by atoms with Crippen molar-refractivity contribution in [2.45, 2.75) is 13.5 Å². The Bertz CT molecular complexity index is 810. The molecule has 4 N–H and O–H groups in total. The van der Waals surface area contributed by atoms with E-state index < -0.39 is 17.2 Å². The summed E-state index contributed by atoms with van der Waals surface area (Å²) in [5, 5.41) is 2.98. The summed E-state index contributed by atoms with van der Waals surface area (Å²) in [6.07, 6.45) is 1.33. The molecule has 0 bridgehead atoms. The fourth-order valence-corrected chi connectivity index (χ4v) is 1.83. The van der Waals surface area contributed by atoms with Crippen LogP contribution in [0.5, 0.6) is 0 Å². The average Bonchev–Trinajstić information content (AvgIpc) is 2.40. The summed E-state index contributed by atoms with van der Waals surface area (Å²) in [6.45, 7) is 1.32. The third-order valence-corrected chi connectivity index (χ3v) is 3.13. The first kappa shape index (κ1) is 14.9. The van der Waals surface area contributed by atoms with E-state index in [4.69, 9.17) is 17.3 Å². The van der Waals surface area contributed by atoms with Gasteiger partial charge in [-0.2, -0.15) is 0 Å². The number of hydrogen-bond acceptors (Lipinski definition) is 4. The van der Waals surface area contributed by atoms with Crippen LogP contribution in [0.4, 0.5) is 11.4 Å². The standard InChI is InChI=1S/C13H13ClN4O3/c1-7-5-18(13(21)17-12(7)20)6-11(19)16-8-2-3-9(14)10(15)4-8/h2-5H,6,15H2,1H3,(H,16,19)(H,17,20,21). The predicted molar refractivity (Wildman–Crippen MR) is 80.6 cm³/mol. The Kier molecular flexibility index (Phi) is 4.13. The Balaban J connectivity index is 2.15. The van der Waals surface area contributed by atoms with Gasteiger partial charge in [-0.15, -0.1) is 0 Å². The number of nitrogens with two attached hydrogens (primary N) is 1. The number of halogens is 1. The Hall–Kier alpha value is -2.54. The molecule has 0 saturated heterocycles. The van der Waals surface area contributed by atoms with Gasteiger partial charge in [0.25, 0.3) is 5.56 Å². The van der Waals surface area contributed by atoms with Gasteiger partial charge in [-0.3, -0.25) is 19.1 Å². The van der Waals surface area contributed by atoms with Crippen LogP contribution in [-0.2, 0) is 11.3 Å². The number of H-pyrrole nitrogens is 1. The third kappa shape index (κ3) is 3.51. The van der Waals surface area contributed by atoms with Crippen molar-refractivity contribution >= 4 is 28.9 Å². The largest absolute Gasteiger partial charge is 0.397 e. The highest BCUT2D eigenvalue weighted by Crippen LogP contribution is 2.22. The van der Waals surface area contributed by atoms with Crippen molar-refractivity contribution < 1.29 is 4.79 Å². The van der Waals surface area contributed by atoms with E-state index in [0.29, 0.717) is 22.0 Å². The Morgan fingerprint density at radius 3 is 2.81 bits per heavy atom. The number of aryl methyl sites for hydroxylation is 1. The van der Waals surface area contributed by atoms with Crippen molar-refractivity contribution in [3.8, 4) is 0 Å². The van der Waals surface area contributed by atoms with E-state index >= 15 is 0 Å². The van der Waals surface area contributed by atoms with Crippen LogP contribution in [0.2, 0.25) is 5.02 Å². The zero-order chi connectivity index (χ0) is 15.6. The van der Waals surface area contributed by atoms with E-state index in [1.54, 1.807) is 19.1 Å². The zero-order valence-electron chi connectivity index (χ0n) is 11.1. The van der Waals surface area contributed by atoms with Gasteiger partial charge in [-0.05, 0) is 25.1 Å². The highest BCUT2D eigenvalue weighted by Gasteiger charge is 2.08. The number of nitrogens with one attached hydrogen (secondary N) is 2. The Morgan fingerprint density at radius 1 is 1.43 bits per heavy atom. The minimum absolute atomic E-state index is 0.223. The maximum Gasteiger partial charge on any atom is 0.328 e. The molecule has 1 aromatic heterocycles. The number of rotatable bonds is 3. The molecule has 0 radical (unpaired) electrons. The molecule has 0 aliphatic rings. The van der Waals surface area contributed by atoms with Crippen LogP contribution in [0.25, 0.3) is 0 Å². The lowest BCUT2D eigenvalue weighted by Gasteiger charge is -2.08. The molecule has 21 heavy (non-hydrogen) atoms. The highest BCUT2D eigenvalue weighted by molar-refractivity contribution is 6.33. The second-order valence-electron chi connectivity index (χ2n) is 4.48. The molecule has 2 aromatic rings. The quantitative estimate of drug-likeness (QED) is 0.726. The molecule has 110 valence electrons. The fraction of sp³-hybridized carbons (Fsp3) is 0.154. The van der Waals surface area contributed by atoms with E-state index in [1.165, 1.54) is 12.3 Å². The van der Waals surface area contributed by atoms with Crippen molar-refractivity contribution in [3.05, 3.63) is 55.8 Å². The number of carbonyl (C=O) groups is 1. The zero-order valence-corrected chi connectivity index (χ0v) is 11.9. The van der Waals surface area contributed by atoms with Crippen molar-refractivity contribution in [3.63, 3.8) is 0 Å². The van der Waals surface area contributed by atoms with E-state index in [2.05, 4.69) is 10.3 Å². The van der Waals surface area contributed by atoms with Crippen LogP contribution in [0.15, 0.2) is 34.0 Å². The van der Waals surface area contributed by atoms with Gasteiger partial charge in [0.2, 0.25) is 5.91 Å². The predicted octanol–water partition coefficient (Wildman–Crippen LogP) is 0.719. The summed E-state index contributed by atoms with van der Waals surface area (Å²) in [7, 11) is 0. The molecule has 0 aliphatic carbocycles. The van der Waals surface area contributed by atoms with Crippen LogP contribution in [0, 0.1) is 6.92 Å². The van der Waals surface area contributed by atoms with Crippen LogP contribution >= 0.6 is 11.6 Å². The summed E-state index contributed by atoms with van der Waals surface area (Å²) in [5.74, 6) is -0.426. The number of benzene rings is 1. The van der Waals surface area contributed by atoms with Gasteiger partial charge in [-0.1, -0.05) is 11.6 Å². The van der Waals surface area contributed by atoms with Gasteiger partial charge in [0, 0.05) is 17.4 Å². The minimum atomic E-state index is -0.642. The third-order valence-electron chi connectivity index (χ3n) is 2.78. The number of nitrogens with zero attached hydrogens (tertiary/aromatic N) is 1. The number of aromatic amines is 1. The van der Waals surface area contributed by atoms with E-state index in [-0.39, 0.29) is 6.54 Å². The Morgan fingerprint density at radius 2 is 2.14 bits per heavy atom. The second-order valence-corrected chi connectivity index (χ2v) is 4.89. The van der Waals surface area contributed by atoms with Crippen molar-refractivity contribution in [2.75, 3.05) is 11.1 Å². The van der Waals surface area contributed by atoms with Gasteiger partial charge in [-0.25, -0.2) is 4.79 Å². The maximum absolute atomic E-state index is 11.9. The molecule has 7 nitrogen and oxygen atoms in total. The number of aromatic nitrogens is 2. The van der Waals surface area contributed by atoms with Gasteiger partial charge in [0.1, 0.15) is 6.54 Å².